The Morgan fingerprint density at radius 3 is 0.486 bits per heavy atom. The van der Waals surface area contributed by atoms with E-state index in [4.69, 9.17) is 0 Å². The van der Waals surface area contributed by atoms with Gasteiger partial charge in [0.25, 0.3) is 0 Å². The highest BCUT2D eigenvalue weighted by atomic mass is 28.3. The largest absolute Gasteiger partial charge is 0.310 e. The highest BCUT2D eigenvalue weighted by Crippen LogP contribution is 2.54. The van der Waals surface area contributed by atoms with E-state index in [9.17, 15) is 0 Å². The lowest BCUT2D eigenvalue weighted by atomic mass is 9.91. The van der Waals surface area contributed by atoms with Crippen LogP contribution in [0, 0.1) is 55.4 Å². The number of para-hydroxylation sites is 2. The van der Waals surface area contributed by atoms with Crippen LogP contribution in [0.15, 0.2) is 473 Å². The van der Waals surface area contributed by atoms with E-state index in [0.717, 1.165) is 68.2 Å². The van der Waals surface area contributed by atoms with E-state index in [0.29, 0.717) is 0 Å². The van der Waals surface area contributed by atoms with Gasteiger partial charge in [0.15, 0.2) is 0 Å². The minimum Gasteiger partial charge on any atom is -0.310 e. The van der Waals surface area contributed by atoms with Gasteiger partial charge in [-0.3, -0.25) is 0 Å². The Bertz CT molecular complexity index is 8380. The lowest BCUT2D eigenvalue weighted by Gasteiger charge is -2.31. The Labute approximate surface area is 873 Å². The fourth-order valence-electron chi connectivity index (χ4n) is 22.3. The lowest BCUT2D eigenvalue weighted by Crippen LogP contribution is -2.37. The summed E-state index contributed by atoms with van der Waals surface area (Å²) in [6, 6.07) is 178. The van der Waals surface area contributed by atoms with Gasteiger partial charge in [-0.25, -0.2) is 0 Å². The second kappa shape index (κ2) is 39.2. The lowest BCUT2D eigenvalue weighted by molar-refractivity contribution is 1.30. The molecule has 0 aliphatic carbocycles. The second-order valence-corrected chi connectivity index (χ2v) is 53.0. The summed E-state index contributed by atoms with van der Waals surface area (Å²) in [5.41, 5.74) is 42.5. The maximum Gasteiger partial charge on any atom is 0.0775 e. The Kier molecular flexibility index (Phi) is 25.0. The van der Waals surface area contributed by atoms with Crippen LogP contribution in [0.25, 0.3) is 154 Å². The summed E-state index contributed by atoms with van der Waals surface area (Å²) in [6.07, 6.45) is 0. The number of hydrogen-bond acceptors (Lipinski definition) is 4. The van der Waals surface area contributed by atoms with Gasteiger partial charge in [0.1, 0.15) is 0 Å². The van der Waals surface area contributed by atoms with E-state index in [2.05, 4.69) is 587 Å². The Morgan fingerprint density at radius 1 is 0.135 bits per heavy atom. The molecule has 24 aromatic rings. The molecule has 0 heterocycles. The van der Waals surface area contributed by atoms with Gasteiger partial charge in [0.2, 0.25) is 0 Å². The monoisotopic (exact) mass is 1940 g/mol. The van der Waals surface area contributed by atoms with Gasteiger partial charge >= 0.3 is 0 Å². The summed E-state index contributed by atoms with van der Waals surface area (Å²) in [4.78, 5) is 9.97. The third-order valence-corrected chi connectivity index (χ3v) is 33.9. The van der Waals surface area contributed by atoms with Crippen LogP contribution >= 0.6 is 0 Å². The average Bonchev–Trinajstić information content (AvgIpc) is 0.720. The van der Waals surface area contributed by atoms with E-state index in [1.54, 1.807) is 0 Å². The van der Waals surface area contributed by atoms with Crippen molar-refractivity contribution in [3.8, 4) is 89.0 Å². The zero-order valence-corrected chi connectivity index (χ0v) is 88.8. The van der Waals surface area contributed by atoms with Crippen molar-refractivity contribution < 1.29 is 0 Å². The highest BCUT2D eigenvalue weighted by Gasteiger charge is 2.30. The molecule has 148 heavy (non-hydrogen) atoms. The van der Waals surface area contributed by atoms with Crippen LogP contribution in [0.2, 0.25) is 39.3 Å². The van der Waals surface area contributed by atoms with Crippen molar-refractivity contribution in [2.45, 2.75) is 94.7 Å². The summed E-state index contributed by atoms with van der Waals surface area (Å²) >= 11 is 0. The van der Waals surface area contributed by atoms with Crippen molar-refractivity contribution >= 4 is 159 Å². The minimum atomic E-state index is -1.60. The molecule has 4 nitrogen and oxygen atoms in total. The van der Waals surface area contributed by atoms with Crippen molar-refractivity contribution in [3.63, 3.8) is 0 Å². The van der Waals surface area contributed by atoms with Gasteiger partial charge in [-0.15, -0.1) is 0 Å². The molecular weight excluding hydrogens is 1820 g/mol. The molecule has 0 aliphatic heterocycles. The Morgan fingerprint density at radius 2 is 0.311 bits per heavy atom. The summed E-state index contributed by atoms with van der Waals surface area (Å²) in [5, 5.41) is 17.6. The molecule has 24 rings (SSSR count). The predicted octanol–water partition coefficient (Wildman–Crippen LogP) is 39.9. The Balaban J connectivity index is 0.000000164. The van der Waals surface area contributed by atoms with Crippen LogP contribution in [-0.2, 0) is 0 Å². The fourth-order valence-corrected chi connectivity index (χ4v) is 24.6. The predicted molar refractivity (Wildman–Crippen MR) is 646 cm³/mol. The van der Waals surface area contributed by atoms with E-state index in [-0.39, 0.29) is 0 Å². The quantitative estimate of drug-likeness (QED) is 0.0495. The van der Waals surface area contributed by atoms with Gasteiger partial charge in [-0.05, 0) is 333 Å². The van der Waals surface area contributed by atoms with Gasteiger partial charge in [0, 0.05) is 67.0 Å². The number of hydrogen-bond donors (Lipinski definition) is 0. The summed E-state index contributed by atoms with van der Waals surface area (Å²) < 4.78 is 0. The molecule has 0 saturated carbocycles. The first-order chi connectivity index (χ1) is 71.8. The molecule has 0 fully saturated rings. The smallest absolute Gasteiger partial charge is 0.0775 e. The molecule has 0 N–H and O–H groups in total. The molecule has 0 spiro atoms. The highest BCUT2D eigenvalue weighted by molar-refractivity contribution is 6.89. The molecule has 0 radical (unpaired) electrons. The third-order valence-electron chi connectivity index (χ3n) is 29.7. The first-order valence-electron chi connectivity index (χ1n) is 51.9. The fraction of sp³-hybridized carbons (Fsp3) is 0.0986. The third kappa shape index (κ3) is 18.8. The molecule has 0 saturated heterocycles. The zero-order valence-electron chi connectivity index (χ0n) is 86.8. The van der Waals surface area contributed by atoms with E-state index < -0.39 is 16.1 Å². The molecule has 24 aromatic carbocycles. The van der Waals surface area contributed by atoms with Crippen LogP contribution < -0.4 is 30.0 Å². The first-order valence-corrected chi connectivity index (χ1v) is 58.9. The van der Waals surface area contributed by atoms with Crippen molar-refractivity contribution in [2.24, 2.45) is 0 Å². The van der Waals surface area contributed by atoms with Crippen molar-refractivity contribution in [1.82, 2.24) is 0 Å². The second-order valence-electron chi connectivity index (χ2n) is 42.8. The summed E-state index contributed by atoms with van der Waals surface area (Å²) in [7, 11) is -3.19. The molecule has 0 bridgehead atoms. The van der Waals surface area contributed by atoms with Crippen molar-refractivity contribution in [2.75, 3.05) is 19.6 Å². The van der Waals surface area contributed by atoms with Gasteiger partial charge in [-0.2, -0.15) is 0 Å². The van der Waals surface area contributed by atoms with Crippen LogP contribution in [0.5, 0.6) is 0 Å². The molecule has 0 amide bonds. The molecular formula is C142H120N4Si2. The summed E-state index contributed by atoms with van der Waals surface area (Å²) in [5.74, 6) is 0. The molecule has 0 atom stereocenters. The SMILES string of the molecule is Cc1cccc(-c2cc(-c3cccc(C)c3)cc(N(c3ccc([Si](C)(C)C)cc3)c3ccc4ccc5c(N(c6ccc([Si](C)(C)C)cc6)c6cc(-c7cccc(C)c7)cc(-c7cccc(C)c7)c6)ccc6ccc3c4c65)c2)c1.Cc1cccc(-c2cc(-c3cccc(C)c3)cc(N(c3ccccc3)c3ccc4ccc5c(N(c6ccccc6)c6cc(-c7cccc(C)c7)cc(-c7cccc(C)c7)c6)ccc6ccc3c4c65)c2)c1. The average molecular weight is 1940 g/mol. The van der Waals surface area contributed by atoms with Crippen LogP contribution in [0.1, 0.15) is 44.5 Å². The van der Waals surface area contributed by atoms with Crippen molar-refractivity contribution in [1.29, 1.82) is 0 Å². The van der Waals surface area contributed by atoms with Crippen molar-refractivity contribution in [3.05, 3.63) is 518 Å². The van der Waals surface area contributed by atoms with E-state index in [1.165, 1.54) is 209 Å². The molecule has 0 aliphatic rings. The molecule has 0 aromatic heterocycles. The standard InChI is InChI=1S/C74H68N2Si2.C68H52N2/c1-49-15-11-19-55(39-49)59-43-60(56-20-12-16-50(2)40-56)46-65(45-59)75(63-27-31-67(32-28-63)77(5,6)7)71-37-25-53-24-36-70-72(38-26-54-23-35-69(71)73(53)74(54)70)76(64-29-33-68(34-30-64)78(8,9)10)66-47-61(57-21-13-17-51(3)41-57)44-62(48-66)58-22-14-18-52(4)42-58;1-45-15-11-19-51(35-45)55-39-56(52-20-12-16-46(2)36-52)42-61(41-55)69(59-23-7-5-8-24-59)65-33-29-49-28-32-64-66(34-30-50-27-31-63(65)67(49)68(50)64)70(60-25-9-6-10-26-60)62-43-57(53-21-13-17-47(3)37-53)40-58(44-62)54-22-14-18-48(4)38-54/h11-48H,1-10H3;5-44H,1-4H3. The van der Waals surface area contributed by atoms with Crippen LogP contribution in [0.4, 0.5) is 68.2 Å². The number of rotatable bonds is 22. The number of anilines is 12. The molecule has 716 valence electrons. The summed E-state index contributed by atoms with van der Waals surface area (Å²) in [6.45, 7) is 32.0. The maximum atomic E-state index is 2.52. The van der Waals surface area contributed by atoms with E-state index >= 15 is 0 Å². The topological polar surface area (TPSA) is 13.0 Å². The normalized spacial score (nSPS) is 11.7. The Hall–Kier alpha value is -17.0. The van der Waals surface area contributed by atoms with Gasteiger partial charge in [0.05, 0.1) is 38.9 Å². The minimum absolute atomic E-state index is 1.10. The van der Waals surface area contributed by atoms with E-state index in [1.807, 2.05) is 0 Å². The van der Waals surface area contributed by atoms with Crippen LogP contribution in [0.3, 0.4) is 0 Å². The number of nitrogens with zero attached hydrogens (tertiary/aromatic N) is 4. The van der Waals surface area contributed by atoms with Gasteiger partial charge < -0.3 is 19.6 Å². The maximum absolute atomic E-state index is 2.52. The van der Waals surface area contributed by atoms with Gasteiger partial charge in [-0.1, -0.05) is 422 Å². The molecule has 6 heteroatoms. The molecule has 0 unspecified atom stereocenters. The number of benzene rings is 24. The zero-order chi connectivity index (χ0) is 101. The number of aryl methyl sites for hydroxylation is 8. The van der Waals surface area contributed by atoms with Crippen LogP contribution in [-0.4, -0.2) is 16.1 Å². The first kappa shape index (κ1) is 94.6.